The highest BCUT2D eigenvalue weighted by molar-refractivity contribution is 6.06. The van der Waals surface area contributed by atoms with Gasteiger partial charge in [-0.2, -0.15) is 0 Å². The van der Waals surface area contributed by atoms with Gasteiger partial charge in [-0.1, -0.05) is 60.7 Å². The lowest BCUT2D eigenvalue weighted by Gasteiger charge is -2.07. The van der Waals surface area contributed by atoms with Crippen molar-refractivity contribution in [1.29, 1.82) is 0 Å². The van der Waals surface area contributed by atoms with E-state index in [0.29, 0.717) is 18.0 Å². The van der Waals surface area contributed by atoms with Gasteiger partial charge in [0.15, 0.2) is 0 Å². The predicted molar refractivity (Wildman–Crippen MR) is 125 cm³/mol. The van der Waals surface area contributed by atoms with E-state index in [-0.39, 0.29) is 0 Å². The SMILES string of the molecule is COc1cc2c(cc1N=Cc1cccc(OCc3ccccc3)c1)oc1ccccc12. The molecule has 0 amide bonds. The first-order valence-corrected chi connectivity index (χ1v) is 10.1. The van der Waals surface area contributed by atoms with Crippen molar-refractivity contribution in [3.05, 3.63) is 102 Å². The van der Waals surface area contributed by atoms with Crippen molar-refractivity contribution in [1.82, 2.24) is 0 Å². The predicted octanol–water partition coefficient (Wildman–Crippen LogP) is 6.92. The van der Waals surface area contributed by atoms with E-state index in [2.05, 4.69) is 4.99 Å². The fraction of sp³-hybridized carbons (Fsp3) is 0.0741. The molecule has 0 atom stereocenters. The van der Waals surface area contributed by atoms with E-state index >= 15 is 0 Å². The van der Waals surface area contributed by atoms with Gasteiger partial charge < -0.3 is 13.9 Å². The third kappa shape index (κ3) is 4.01. The first-order chi connectivity index (χ1) is 15.3. The van der Waals surface area contributed by atoms with Crippen molar-refractivity contribution in [2.45, 2.75) is 6.61 Å². The number of benzene rings is 4. The smallest absolute Gasteiger partial charge is 0.145 e. The van der Waals surface area contributed by atoms with Crippen LogP contribution in [0.3, 0.4) is 0 Å². The standard InChI is InChI=1S/C27H21NO3/c1-29-27-15-23-22-12-5-6-13-25(22)31-26(23)16-24(27)28-17-20-10-7-11-21(14-20)30-18-19-8-3-2-4-9-19/h2-17H,18H2,1H3. The Morgan fingerprint density at radius 2 is 1.65 bits per heavy atom. The minimum Gasteiger partial charge on any atom is -0.494 e. The van der Waals surface area contributed by atoms with E-state index < -0.39 is 0 Å². The minimum absolute atomic E-state index is 0.526. The van der Waals surface area contributed by atoms with Gasteiger partial charge in [0.2, 0.25) is 0 Å². The molecule has 1 heterocycles. The fourth-order valence-corrected chi connectivity index (χ4v) is 3.57. The van der Waals surface area contributed by atoms with E-state index in [0.717, 1.165) is 38.8 Å². The molecule has 31 heavy (non-hydrogen) atoms. The summed E-state index contributed by atoms with van der Waals surface area (Å²) in [4.78, 5) is 4.66. The highest BCUT2D eigenvalue weighted by Crippen LogP contribution is 2.37. The van der Waals surface area contributed by atoms with Crippen LogP contribution in [0.25, 0.3) is 21.9 Å². The molecule has 0 aliphatic carbocycles. The molecule has 0 bridgehead atoms. The summed E-state index contributed by atoms with van der Waals surface area (Å²) in [6.07, 6.45) is 1.81. The number of ether oxygens (including phenoxy) is 2. The van der Waals surface area contributed by atoms with Crippen LogP contribution in [0.4, 0.5) is 5.69 Å². The zero-order valence-electron chi connectivity index (χ0n) is 17.1. The Hall–Kier alpha value is -4.05. The Bertz CT molecular complexity index is 1370. The van der Waals surface area contributed by atoms with E-state index in [9.17, 15) is 0 Å². The monoisotopic (exact) mass is 407 g/mol. The lowest BCUT2D eigenvalue weighted by molar-refractivity contribution is 0.306. The van der Waals surface area contributed by atoms with Gasteiger partial charge in [-0.3, -0.25) is 4.99 Å². The molecule has 0 N–H and O–H groups in total. The molecule has 152 valence electrons. The van der Waals surface area contributed by atoms with Crippen molar-refractivity contribution in [2.75, 3.05) is 7.11 Å². The molecule has 4 heteroatoms. The van der Waals surface area contributed by atoms with Gasteiger partial charge in [0.05, 0.1) is 7.11 Å². The number of nitrogens with zero attached hydrogens (tertiary/aromatic N) is 1. The number of furan rings is 1. The van der Waals surface area contributed by atoms with Gasteiger partial charge in [0.25, 0.3) is 0 Å². The van der Waals surface area contributed by atoms with Gasteiger partial charge in [-0.05, 0) is 35.4 Å². The molecule has 4 nitrogen and oxygen atoms in total. The maximum Gasteiger partial charge on any atom is 0.145 e. The molecule has 4 aromatic carbocycles. The summed E-state index contributed by atoms with van der Waals surface area (Å²) < 4.78 is 17.5. The summed E-state index contributed by atoms with van der Waals surface area (Å²) in [6, 6.07) is 29.9. The van der Waals surface area contributed by atoms with Crippen LogP contribution in [0, 0.1) is 0 Å². The van der Waals surface area contributed by atoms with E-state index in [1.807, 2.05) is 97.2 Å². The number of aliphatic imine (C=N–C) groups is 1. The Morgan fingerprint density at radius 3 is 2.52 bits per heavy atom. The highest BCUT2D eigenvalue weighted by Gasteiger charge is 2.11. The molecular formula is C27H21NO3. The summed E-state index contributed by atoms with van der Waals surface area (Å²) in [6.45, 7) is 0.526. The molecule has 0 aliphatic rings. The van der Waals surface area contributed by atoms with Crippen LogP contribution in [-0.4, -0.2) is 13.3 Å². The molecule has 0 aliphatic heterocycles. The third-order valence-corrected chi connectivity index (χ3v) is 5.14. The van der Waals surface area contributed by atoms with Crippen molar-refractivity contribution >= 4 is 33.8 Å². The average Bonchev–Trinajstić information content (AvgIpc) is 3.19. The fourth-order valence-electron chi connectivity index (χ4n) is 3.57. The Labute approximate surface area is 180 Å². The quantitative estimate of drug-likeness (QED) is 0.287. The second-order valence-corrected chi connectivity index (χ2v) is 7.22. The van der Waals surface area contributed by atoms with Crippen LogP contribution in [0.15, 0.2) is 100 Å². The zero-order chi connectivity index (χ0) is 21.0. The largest absolute Gasteiger partial charge is 0.494 e. The molecule has 0 saturated carbocycles. The number of rotatable bonds is 6. The van der Waals surface area contributed by atoms with Crippen molar-refractivity contribution in [2.24, 2.45) is 4.99 Å². The first kappa shape index (κ1) is 18.9. The topological polar surface area (TPSA) is 44.0 Å². The van der Waals surface area contributed by atoms with Crippen molar-refractivity contribution < 1.29 is 13.9 Å². The summed E-state index contributed by atoms with van der Waals surface area (Å²) in [7, 11) is 1.65. The maximum atomic E-state index is 5.99. The zero-order valence-corrected chi connectivity index (χ0v) is 17.1. The van der Waals surface area contributed by atoms with Crippen LogP contribution in [0.5, 0.6) is 11.5 Å². The van der Waals surface area contributed by atoms with E-state index in [1.165, 1.54) is 0 Å². The summed E-state index contributed by atoms with van der Waals surface area (Å²) in [5.74, 6) is 1.50. The Kier molecular flexibility index (Phi) is 5.11. The Morgan fingerprint density at radius 1 is 0.806 bits per heavy atom. The lowest BCUT2D eigenvalue weighted by atomic mass is 10.1. The molecule has 1 aromatic heterocycles. The van der Waals surface area contributed by atoms with Gasteiger partial charge in [-0.15, -0.1) is 0 Å². The molecule has 0 saturated heterocycles. The number of fused-ring (bicyclic) bond motifs is 3. The van der Waals surface area contributed by atoms with Crippen LogP contribution in [0.2, 0.25) is 0 Å². The van der Waals surface area contributed by atoms with Crippen LogP contribution < -0.4 is 9.47 Å². The van der Waals surface area contributed by atoms with Gasteiger partial charge in [-0.25, -0.2) is 0 Å². The molecular weight excluding hydrogens is 386 g/mol. The van der Waals surface area contributed by atoms with Gasteiger partial charge in [0.1, 0.15) is 35.0 Å². The van der Waals surface area contributed by atoms with Crippen LogP contribution in [0.1, 0.15) is 11.1 Å². The normalized spacial score (nSPS) is 11.4. The molecule has 5 aromatic rings. The van der Waals surface area contributed by atoms with Crippen molar-refractivity contribution in [3.63, 3.8) is 0 Å². The van der Waals surface area contributed by atoms with Crippen LogP contribution >= 0.6 is 0 Å². The van der Waals surface area contributed by atoms with E-state index in [1.54, 1.807) is 7.11 Å². The average molecular weight is 407 g/mol. The van der Waals surface area contributed by atoms with Gasteiger partial charge in [0, 0.05) is 23.1 Å². The van der Waals surface area contributed by atoms with Crippen molar-refractivity contribution in [3.8, 4) is 11.5 Å². The van der Waals surface area contributed by atoms with Crippen LogP contribution in [-0.2, 0) is 6.61 Å². The lowest BCUT2D eigenvalue weighted by Crippen LogP contribution is -1.95. The molecule has 0 radical (unpaired) electrons. The number of methoxy groups -OCH3 is 1. The minimum atomic E-state index is 0.526. The van der Waals surface area contributed by atoms with Gasteiger partial charge >= 0.3 is 0 Å². The Balaban J connectivity index is 1.41. The molecule has 5 rings (SSSR count). The molecule has 0 fully saturated rings. The van der Waals surface area contributed by atoms with E-state index in [4.69, 9.17) is 13.9 Å². The highest BCUT2D eigenvalue weighted by atomic mass is 16.5. The first-order valence-electron chi connectivity index (χ1n) is 10.1. The second-order valence-electron chi connectivity index (χ2n) is 7.22. The molecule has 0 unspecified atom stereocenters. The summed E-state index contributed by atoms with van der Waals surface area (Å²) in [5, 5.41) is 2.08. The number of para-hydroxylation sites is 1. The summed E-state index contributed by atoms with van der Waals surface area (Å²) >= 11 is 0. The second kappa shape index (κ2) is 8.36. The number of hydrogen-bond donors (Lipinski definition) is 0. The maximum absolute atomic E-state index is 5.99. The third-order valence-electron chi connectivity index (χ3n) is 5.14. The molecule has 0 spiro atoms. The number of hydrogen-bond acceptors (Lipinski definition) is 4. The summed E-state index contributed by atoms with van der Waals surface area (Å²) in [5.41, 5.74) is 4.42.